The molecule has 0 bridgehead atoms. The largest absolute Gasteiger partial charge is 0.497 e. The second-order valence-electron chi connectivity index (χ2n) is 7.93. The minimum Gasteiger partial charge on any atom is -0.497 e. The minimum atomic E-state index is -4.39. The zero-order valence-electron chi connectivity index (χ0n) is 20.7. The van der Waals surface area contributed by atoms with Crippen molar-refractivity contribution in [2.24, 2.45) is 0 Å². The third-order valence-electron chi connectivity index (χ3n) is 5.45. The molecular weight excluding hydrogens is 484 g/mol. The fraction of sp³-hybridized carbons (Fsp3) is 0.333. The number of hydrogen-bond donors (Lipinski definition) is 1. The molecule has 0 aliphatic rings. The molecule has 0 amide bonds. The zero-order chi connectivity index (χ0) is 26.0. The van der Waals surface area contributed by atoms with Crippen LogP contribution in [0.3, 0.4) is 0 Å². The molecule has 194 valence electrons. The van der Waals surface area contributed by atoms with Crippen LogP contribution in [0.25, 0.3) is 0 Å². The maximum Gasteiger partial charge on any atom is 0.298 e. The fourth-order valence-corrected chi connectivity index (χ4v) is 4.21. The smallest absolute Gasteiger partial charge is 0.298 e. The fourth-order valence-electron chi connectivity index (χ4n) is 3.55. The van der Waals surface area contributed by atoms with Gasteiger partial charge < -0.3 is 23.7 Å². The highest BCUT2D eigenvalue weighted by molar-refractivity contribution is 7.86. The van der Waals surface area contributed by atoms with E-state index in [0.717, 1.165) is 28.2 Å². The Kier molecular flexibility index (Phi) is 9.98. The molecule has 3 rings (SSSR count). The van der Waals surface area contributed by atoms with Gasteiger partial charge in [-0.1, -0.05) is 25.1 Å². The summed E-state index contributed by atoms with van der Waals surface area (Å²) in [5.41, 5.74) is 2.68. The normalized spacial score (nSPS) is 11.2. The molecule has 36 heavy (non-hydrogen) atoms. The molecule has 0 heterocycles. The summed E-state index contributed by atoms with van der Waals surface area (Å²) in [4.78, 5) is -0.232. The second-order valence-corrected chi connectivity index (χ2v) is 9.32. The van der Waals surface area contributed by atoms with E-state index in [4.69, 9.17) is 23.7 Å². The van der Waals surface area contributed by atoms with E-state index in [2.05, 4.69) is 0 Å². The van der Waals surface area contributed by atoms with Gasteiger partial charge >= 0.3 is 0 Å². The molecule has 0 unspecified atom stereocenters. The van der Waals surface area contributed by atoms with Crippen molar-refractivity contribution in [1.82, 2.24) is 0 Å². The van der Waals surface area contributed by atoms with E-state index in [1.54, 1.807) is 13.2 Å². The van der Waals surface area contributed by atoms with E-state index >= 15 is 0 Å². The molecule has 1 N–H and O–H groups in total. The van der Waals surface area contributed by atoms with E-state index in [9.17, 15) is 13.0 Å². The van der Waals surface area contributed by atoms with Crippen molar-refractivity contribution in [3.63, 3.8) is 0 Å². The van der Waals surface area contributed by atoms with Crippen LogP contribution >= 0.6 is 0 Å². The third-order valence-corrected chi connectivity index (χ3v) is 6.33. The maximum absolute atomic E-state index is 11.7. The van der Waals surface area contributed by atoms with E-state index in [0.29, 0.717) is 32.0 Å². The van der Waals surface area contributed by atoms with Gasteiger partial charge in [0.15, 0.2) is 0 Å². The Morgan fingerprint density at radius 1 is 0.750 bits per heavy atom. The zero-order valence-corrected chi connectivity index (χ0v) is 21.5. The van der Waals surface area contributed by atoms with Gasteiger partial charge in [0.1, 0.15) is 47.7 Å². The van der Waals surface area contributed by atoms with E-state index in [-0.39, 0.29) is 23.9 Å². The Balaban J connectivity index is 1.37. The Labute approximate surface area is 212 Å². The molecule has 0 saturated carbocycles. The van der Waals surface area contributed by atoms with E-state index in [1.165, 1.54) is 6.07 Å². The summed E-state index contributed by atoms with van der Waals surface area (Å²) in [5.74, 6) is 2.41. The molecule has 0 aromatic heterocycles. The molecule has 3 aromatic rings. The molecular formula is C27H32O8S. The summed E-state index contributed by atoms with van der Waals surface area (Å²) in [6.07, 6.45) is 0.574. The average molecular weight is 517 g/mol. The van der Waals surface area contributed by atoms with Crippen LogP contribution in [0, 0.1) is 6.92 Å². The minimum absolute atomic E-state index is 0.138. The molecule has 0 aliphatic heterocycles. The number of methoxy groups -OCH3 is 1. The lowest BCUT2D eigenvalue weighted by Gasteiger charge is -2.16. The maximum atomic E-state index is 11.7. The van der Waals surface area contributed by atoms with Gasteiger partial charge in [-0.3, -0.25) is 4.55 Å². The molecule has 0 spiro atoms. The Hall–Kier alpha value is -3.27. The standard InChI is InChI=1S/C27H32O8S/c1-4-25-20(2)5-14-26(36(28,29)30)27(25)34-18-16-32-15-17-33-23-10-12-24(13-11-23)35-19-21-6-8-22(31-3)9-7-21/h5-14H,4,15-19H2,1-3H3,(H,28,29,30). The number of ether oxygens (including phenoxy) is 5. The summed E-state index contributed by atoms with van der Waals surface area (Å²) in [5, 5.41) is 0. The van der Waals surface area contributed by atoms with Crippen molar-refractivity contribution in [1.29, 1.82) is 0 Å². The topological polar surface area (TPSA) is 101 Å². The Morgan fingerprint density at radius 3 is 1.92 bits per heavy atom. The van der Waals surface area contributed by atoms with Crippen LogP contribution in [-0.4, -0.2) is 46.5 Å². The lowest BCUT2D eigenvalue weighted by Crippen LogP contribution is -2.14. The van der Waals surface area contributed by atoms with Crippen molar-refractivity contribution in [3.05, 3.63) is 77.4 Å². The van der Waals surface area contributed by atoms with Crippen LogP contribution in [0.5, 0.6) is 23.0 Å². The van der Waals surface area contributed by atoms with E-state index < -0.39 is 10.1 Å². The summed E-state index contributed by atoms with van der Waals surface area (Å²) < 4.78 is 60.8. The monoisotopic (exact) mass is 516 g/mol. The summed E-state index contributed by atoms with van der Waals surface area (Å²) in [6.45, 7) is 5.27. The highest BCUT2D eigenvalue weighted by atomic mass is 32.2. The van der Waals surface area contributed by atoms with Gasteiger partial charge in [-0.25, -0.2) is 0 Å². The van der Waals surface area contributed by atoms with Crippen LogP contribution < -0.4 is 18.9 Å². The van der Waals surface area contributed by atoms with Crippen molar-refractivity contribution in [2.75, 3.05) is 33.5 Å². The van der Waals surface area contributed by atoms with Gasteiger partial charge in [-0.2, -0.15) is 8.42 Å². The van der Waals surface area contributed by atoms with Crippen LogP contribution in [-0.2, 0) is 27.9 Å². The first-order valence-electron chi connectivity index (χ1n) is 11.6. The molecule has 9 heteroatoms. The highest BCUT2D eigenvalue weighted by Crippen LogP contribution is 2.31. The van der Waals surface area contributed by atoms with Crippen LogP contribution in [0.1, 0.15) is 23.6 Å². The summed E-state index contributed by atoms with van der Waals surface area (Å²) in [7, 11) is -2.75. The van der Waals surface area contributed by atoms with Crippen molar-refractivity contribution in [3.8, 4) is 23.0 Å². The van der Waals surface area contributed by atoms with Gasteiger partial charge in [0.05, 0.1) is 20.3 Å². The predicted octanol–water partition coefficient (Wildman–Crippen LogP) is 4.87. The Morgan fingerprint density at radius 2 is 1.33 bits per heavy atom. The SMILES string of the molecule is CCc1c(C)ccc(S(=O)(=O)O)c1OCCOCCOc1ccc(OCc2ccc(OC)cc2)cc1. The van der Waals surface area contributed by atoms with Crippen LogP contribution in [0.4, 0.5) is 0 Å². The molecule has 0 fully saturated rings. The summed E-state index contributed by atoms with van der Waals surface area (Å²) >= 11 is 0. The number of benzene rings is 3. The number of aryl methyl sites for hydroxylation is 1. The van der Waals surface area contributed by atoms with Crippen molar-refractivity contribution in [2.45, 2.75) is 31.8 Å². The molecule has 0 radical (unpaired) electrons. The summed E-state index contributed by atoms with van der Waals surface area (Å²) in [6, 6.07) is 18.0. The lowest BCUT2D eigenvalue weighted by molar-refractivity contribution is 0.0754. The molecule has 3 aromatic carbocycles. The van der Waals surface area contributed by atoms with Gasteiger partial charge in [0.25, 0.3) is 10.1 Å². The first kappa shape index (κ1) is 27.3. The van der Waals surface area contributed by atoms with Crippen LogP contribution in [0.2, 0.25) is 0 Å². The Bertz CT molecular complexity index is 1210. The molecule has 0 saturated heterocycles. The van der Waals surface area contributed by atoms with Crippen LogP contribution in [0.15, 0.2) is 65.6 Å². The first-order valence-corrected chi connectivity index (χ1v) is 13.0. The van der Waals surface area contributed by atoms with Crippen molar-refractivity contribution < 1.29 is 36.7 Å². The van der Waals surface area contributed by atoms with Gasteiger partial charge in [0, 0.05) is 0 Å². The predicted molar refractivity (Wildman–Crippen MR) is 136 cm³/mol. The quantitative estimate of drug-likeness (QED) is 0.239. The van der Waals surface area contributed by atoms with Gasteiger partial charge in [-0.05, 0) is 72.5 Å². The number of hydrogen-bond acceptors (Lipinski definition) is 7. The first-order chi connectivity index (χ1) is 17.3. The van der Waals surface area contributed by atoms with E-state index in [1.807, 2.05) is 62.4 Å². The third kappa shape index (κ3) is 7.87. The molecule has 0 aliphatic carbocycles. The van der Waals surface area contributed by atoms with Gasteiger partial charge in [-0.15, -0.1) is 0 Å². The second kappa shape index (κ2) is 13.2. The molecule has 8 nitrogen and oxygen atoms in total. The average Bonchev–Trinajstić information content (AvgIpc) is 2.87. The highest BCUT2D eigenvalue weighted by Gasteiger charge is 2.20. The lowest BCUT2D eigenvalue weighted by atomic mass is 10.1. The molecule has 0 atom stereocenters. The number of rotatable bonds is 14. The van der Waals surface area contributed by atoms with Gasteiger partial charge in [0.2, 0.25) is 0 Å². The van der Waals surface area contributed by atoms with Crippen molar-refractivity contribution >= 4 is 10.1 Å².